The Morgan fingerprint density at radius 1 is 1.37 bits per heavy atom. The van der Waals surface area contributed by atoms with Crippen molar-refractivity contribution >= 4 is 11.6 Å². The minimum absolute atomic E-state index is 0.0691. The number of hydrogen-bond acceptors (Lipinski definition) is 2. The van der Waals surface area contributed by atoms with Gasteiger partial charge in [-0.1, -0.05) is 6.92 Å². The van der Waals surface area contributed by atoms with E-state index in [1.807, 2.05) is 25.1 Å². The molecule has 1 aliphatic carbocycles. The van der Waals surface area contributed by atoms with E-state index >= 15 is 0 Å². The Labute approximate surface area is 115 Å². The number of carbonyl (C=O) groups is 1. The van der Waals surface area contributed by atoms with E-state index in [4.69, 9.17) is 0 Å². The highest BCUT2D eigenvalue weighted by atomic mass is 16.1. The molecule has 0 bridgehead atoms. The Bertz CT molecular complexity index is 456. The van der Waals surface area contributed by atoms with E-state index < -0.39 is 0 Å². The summed E-state index contributed by atoms with van der Waals surface area (Å²) in [6.07, 6.45) is 3.45. The highest BCUT2D eigenvalue weighted by molar-refractivity contribution is 5.96. The molecule has 1 aromatic rings. The minimum atomic E-state index is 0.0691. The van der Waals surface area contributed by atoms with Crippen molar-refractivity contribution in [2.24, 2.45) is 5.92 Å². The highest BCUT2D eigenvalue weighted by Crippen LogP contribution is 2.25. The van der Waals surface area contributed by atoms with Crippen LogP contribution in [0.5, 0.6) is 0 Å². The third kappa shape index (κ3) is 3.49. The summed E-state index contributed by atoms with van der Waals surface area (Å²) in [6.45, 7) is 7.21. The number of hydrogen-bond donors (Lipinski definition) is 2. The molecule has 3 nitrogen and oxygen atoms in total. The van der Waals surface area contributed by atoms with Crippen molar-refractivity contribution < 1.29 is 4.79 Å². The van der Waals surface area contributed by atoms with E-state index in [2.05, 4.69) is 24.5 Å². The van der Waals surface area contributed by atoms with Crippen LogP contribution in [-0.4, -0.2) is 18.5 Å². The Kier molecular flexibility index (Phi) is 4.46. The van der Waals surface area contributed by atoms with E-state index in [1.54, 1.807) is 0 Å². The van der Waals surface area contributed by atoms with Gasteiger partial charge in [0.2, 0.25) is 0 Å². The number of nitrogens with one attached hydrogen (secondary N) is 2. The molecule has 0 saturated heterocycles. The van der Waals surface area contributed by atoms with E-state index in [0.717, 1.165) is 42.1 Å². The summed E-state index contributed by atoms with van der Waals surface area (Å²) in [7, 11) is 0. The summed E-state index contributed by atoms with van der Waals surface area (Å²) in [6, 6.07) is 6.29. The van der Waals surface area contributed by atoms with Crippen molar-refractivity contribution in [1.29, 1.82) is 0 Å². The van der Waals surface area contributed by atoms with E-state index in [-0.39, 0.29) is 5.91 Å². The maximum atomic E-state index is 12.3. The molecule has 1 fully saturated rings. The fourth-order valence-electron chi connectivity index (χ4n) is 2.83. The molecule has 2 rings (SSSR count). The second-order valence-electron chi connectivity index (χ2n) is 5.65. The molecule has 1 aromatic carbocycles. The lowest BCUT2D eigenvalue weighted by atomic mass is 10.1. The Hall–Kier alpha value is -1.51. The van der Waals surface area contributed by atoms with E-state index in [1.165, 1.54) is 6.42 Å². The van der Waals surface area contributed by atoms with Crippen molar-refractivity contribution in [3.05, 3.63) is 29.3 Å². The third-order valence-corrected chi connectivity index (χ3v) is 3.88. The first kappa shape index (κ1) is 13.9. The van der Waals surface area contributed by atoms with Crippen LogP contribution >= 0.6 is 0 Å². The molecule has 1 saturated carbocycles. The maximum Gasteiger partial charge on any atom is 0.251 e. The van der Waals surface area contributed by atoms with Gasteiger partial charge < -0.3 is 10.6 Å². The van der Waals surface area contributed by atoms with Crippen molar-refractivity contribution in [3.8, 4) is 0 Å². The van der Waals surface area contributed by atoms with Gasteiger partial charge in [0, 0.05) is 23.8 Å². The molecule has 2 N–H and O–H groups in total. The molecule has 3 heteroatoms. The molecule has 1 aliphatic rings. The molecule has 0 heterocycles. The number of aryl methyl sites for hydroxylation is 1. The van der Waals surface area contributed by atoms with Crippen LogP contribution in [0.15, 0.2) is 18.2 Å². The Morgan fingerprint density at radius 3 is 2.74 bits per heavy atom. The number of amides is 1. The molecule has 1 amide bonds. The van der Waals surface area contributed by atoms with Gasteiger partial charge in [-0.2, -0.15) is 0 Å². The van der Waals surface area contributed by atoms with Gasteiger partial charge in [0.1, 0.15) is 0 Å². The molecule has 0 aliphatic heterocycles. The molecular formula is C16H24N2O. The number of benzene rings is 1. The minimum Gasteiger partial charge on any atom is -0.385 e. The largest absolute Gasteiger partial charge is 0.385 e. The predicted octanol–water partition coefficient (Wildman–Crippen LogP) is 3.35. The summed E-state index contributed by atoms with van der Waals surface area (Å²) < 4.78 is 0. The van der Waals surface area contributed by atoms with Crippen molar-refractivity contribution in [2.45, 2.75) is 46.1 Å². The summed E-state index contributed by atoms with van der Waals surface area (Å²) in [4.78, 5) is 12.3. The van der Waals surface area contributed by atoms with Crippen LogP contribution < -0.4 is 10.6 Å². The van der Waals surface area contributed by atoms with Crippen LogP contribution in [0, 0.1) is 12.8 Å². The Balaban J connectivity index is 2.02. The topological polar surface area (TPSA) is 41.1 Å². The van der Waals surface area contributed by atoms with Crippen LogP contribution in [0.2, 0.25) is 0 Å². The Morgan fingerprint density at radius 2 is 2.16 bits per heavy atom. The zero-order chi connectivity index (χ0) is 13.8. The fourth-order valence-corrected chi connectivity index (χ4v) is 2.83. The molecule has 0 aromatic heterocycles. The van der Waals surface area contributed by atoms with Gasteiger partial charge in [-0.05, 0) is 62.8 Å². The fraction of sp³-hybridized carbons (Fsp3) is 0.562. The van der Waals surface area contributed by atoms with Crippen molar-refractivity contribution in [1.82, 2.24) is 5.32 Å². The van der Waals surface area contributed by atoms with Crippen LogP contribution in [0.3, 0.4) is 0 Å². The quantitative estimate of drug-likeness (QED) is 0.871. The van der Waals surface area contributed by atoms with Crippen molar-refractivity contribution in [3.63, 3.8) is 0 Å². The van der Waals surface area contributed by atoms with Crippen molar-refractivity contribution in [2.75, 3.05) is 11.9 Å². The first-order chi connectivity index (χ1) is 9.10. The summed E-state index contributed by atoms with van der Waals surface area (Å²) in [5, 5.41) is 6.42. The summed E-state index contributed by atoms with van der Waals surface area (Å²) in [5.41, 5.74) is 2.90. The molecule has 2 unspecified atom stereocenters. The average Bonchev–Trinajstić information content (AvgIpc) is 2.75. The zero-order valence-electron chi connectivity index (χ0n) is 12.1. The molecule has 0 spiro atoms. The normalized spacial score (nSPS) is 22.3. The van der Waals surface area contributed by atoms with Crippen LogP contribution in [-0.2, 0) is 0 Å². The van der Waals surface area contributed by atoms with Crippen LogP contribution in [0.25, 0.3) is 0 Å². The van der Waals surface area contributed by atoms with Gasteiger partial charge in [-0.3, -0.25) is 4.79 Å². The average molecular weight is 260 g/mol. The van der Waals surface area contributed by atoms with Crippen LogP contribution in [0.4, 0.5) is 5.69 Å². The standard InChI is InChI=1S/C16H24N2O/c1-4-17-13-7-8-15(12(3)10-13)16(19)18-14-6-5-11(2)9-14/h7-8,10-11,14,17H,4-6,9H2,1-3H3,(H,18,19). The number of rotatable bonds is 4. The van der Waals surface area contributed by atoms with Gasteiger partial charge in [-0.15, -0.1) is 0 Å². The van der Waals surface area contributed by atoms with E-state index in [0.29, 0.717) is 6.04 Å². The lowest BCUT2D eigenvalue weighted by molar-refractivity contribution is 0.0936. The first-order valence-corrected chi connectivity index (χ1v) is 7.25. The molecule has 0 radical (unpaired) electrons. The second kappa shape index (κ2) is 6.09. The van der Waals surface area contributed by atoms with Gasteiger partial charge in [0.25, 0.3) is 5.91 Å². The van der Waals surface area contributed by atoms with Gasteiger partial charge in [-0.25, -0.2) is 0 Å². The third-order valence-electron chi connectivity index (χ3n) is 3.88. The number of carbonyl (C=O) groups excluding carboxylic acids is 1. The lowest BCUT2D eigenvalue weighted by Gasteiger charge is -2.14. The molecule has 19 heavy (non-hydrogen) atoms. The molecule has 104 valence electrons. The molecule has 2 atom stereocenters. The highest BCUT2D eigenvalue weighted by Gasteiger charge is 2.23. The smallest absolute Gasteiger partial charge is 0.251 e. The summed E-state index contributed by atoms with van der Waals surface area (Å²) in [5.74, 6) is 0.808. The first-order valence-electron chi connectivity index (χ1n) is 7.25. The zero-order valence-corrected chi connectivity index (χ0v) is 12.1. The van der Waals surface area contributed by atoms with Crippen LogP contribution in [0.1, 0.15) is 49.0 Å². The SMILES string of the molecule is CCNc1ccc(C(=O)NC2CCC(C)C2)c(C)c1. The number of anilines is 1. The lowest BCUT2D eigenvalue weighted by Crippen LogP contribution is -2.33. The van der Waals surface area contributed by atoms with Gasteiger partial charge >= 0.3 is 0 Å². The van der Waals surface area contributed by atoms with Gasteiger partial charge in [0.05, 0.1) is 0 Å². The second-order valence-corrected chi connectivity index (χ2v) is 5.65. The van der Waals surface area contributed by atoms with E-state index in [9.17, 15) is 4.79 Å². The summed E-state index contributed by atoms with van der Waals surface area (Å²) >= 11 is 0. The predicted molar refractivity (Wildman–Crippen MR) is 79.6 cm³/mol. The monoisotopic (exact) mass is 260 g/mol. The maximum absolute atomic E-state index is 12.3. The molecular weight excluding hydrogens is 236 g/mol. The van der Waals surface area contributed by atoms with Gasteiger partial charge in [0.15, 0.2) is 0 Å².